The fraction of sp³-hybridized carbons (Fsp3) is 0.185. The van der Waals surface area contributed by atoms with Gasteiger partial charge in [0.2, 0.25) is 0 Å². The first-order valence-electron chi connectivity index (χ1n) is 10.7. The van der Waals surface area contributed by atoms with Crippen molar-refractivity contribution < 1.29 is 4.74 Å². The van der Waals surface area contributed by atoms with Gasteiger partial charge in [-0.15, -0.1) is 0 Å². The van der Waals surface area contributed by atoms with Crippen LogP contribution in [0.1, 0.15) is 29.3 Å². The zero-order valence-corrected chi connectivity index (χ0v) is 18.1. The lowest BCUT2D eigenvalue weighted by molar-refractivity contribution is 0.220. The normalized spacial score (nSPS) is 16.5. The summed E-state index contributed by atoms with van der Waals surface area (Å²) < 4.78 is 8.52. The fourth-order valence-electron chi connectivity index (χ4n) is 4.43. The SMILES string of the molecule is Clc1cccc(CN2CCCn3cccc3C2c2cccc(Oc3ccccc3)c2)c1. The largest absolute Gasteiger partial charge is 0.457 e. The van der Waals surface area contributed by atoms with Crippen molar-refractivity contribution in [3.8, 4) is 11.5 Å². The number of nitrogens with zero attached hydrogens (tertiary/aromatic N) is 2. The number of aromatic nitrogens is 1. The fourth-order valence-corrected chi connectivity index (χ4v) is 4.65. The lowest BCUT2D eigenvalue weighted by Gasteiger charge is -2.31. The summed E-state index contributed by atoms with van der Waals surface area (Å²) in [4.78, 5) is 2.55. The highest BCUT2D eigenvalue weighted by Gasteiger charge is 2.27. The molecule has 1 unspecified atom stereocenters. The molecule has 4 heteroatoms. The summed E-state index contributed by atoms with van der Waals surface area (Å²) in [6.07, 6.45) is 3.30. The van der Waals surface area contributed by atoms with Crippen LogP contribution in [0.25, 0.3) is 0 Å². The summed E-state index contributed by atoms with van der Waals surface area (Å²) in [7, 11) is 0. The standard InChI is InChI=1S/C27H25ClN2O/c28-23-10-4-8-21(18-23)20-30-17-7-16-29-15-6-14-26(29)27(30)22-9-5-13-25(19-22)31-24-11-2-1-3-12-24/h1-6,8-15,18-19,27H,7,16-17,20H2. The topological polar surface area (TPSA) is 17.4 Å². The highest BCUT2D eigenvalue weighted by atomic mass is 35.5. The van der Waals surface area contributed by atoms with Gasteiger partial charge in [-0.1, -0.05) is 54.1 Å². The van der Waals surface area contributed by atoms with E-state index in [1.807, 2.05) is 48.5 Å². The van der Waals surface area contributed by atoms with Crippen molar-refractivity contribution in [2.45, 2.75) is 25.6 Å². The molecule has 1 aliphatic rings. The Balaban J connectivity index is 1.51. The smallest absolute Gasteiger partial charge is 0.127 e. The molecule has 1 aromatic heterocycles. The molecule has 3 aromatic carbocycles. The van der Waals surface area contributed by atoms with Gasteiger partial charge in [-0.25, -0.2) is 0 Å². The minimum Gasteiger partial charge on any atom is -0.457 e. The molecule has 0 radical (unpaired) electrons. The molecule has 0 amide bonds. The average Bonchev–Trinajstić information content (AvgIpc) is 3.16. The quantitative estimate of drug-likeness (QED) is 0.343. The molecule has 0 saturated carbocycles. The van der Waals surface area contributed by atoms with Crippen LogP contribution in [-0.4, -0.2) is 16.0 Å². The number of halogens is 1. The summed E-state index contributed by atoms with van der Waals surface area (Å²) in [6.45, 7) is 2.90. The van der Waals surface area contributed by atoms with E-state index in [9.17, 15) is 0 Å². The van der Waals surface area contributed by atoms with Crippen LogP contribution in [0, 0.1) is 0 Å². The Morgan fingerprint density at radius 2 is 1.65 bits per heavy atom. The molecular formula is C27H25ClN2O. The Bertz CT molecular complexity index is 1150. The minimum atomic E-state index is 0.149. The van der Waals surface area contributed by atoms with Crippen LogP contribution in [0.2, 0.25) is 5.02 Å². The molecule has 2 heterocycles. The molecule has 0 N–H and O–H groups in total. The van der Waals surface area contributed by atoms with Crippen LogP contribution < -0.4 is 4.74 Å². The van der Waals surface area contributed by atoms with E-state index in [0.29, 0.717) is 0 Å². The van der Waals surface area contributed by atoms with Crippen LogP contribution in [0.3, 0.4) is 0 Å². The number of aryl methyl sites for hydroxylation is 1. The molecule has 4 aromatic rings. The van der Waals surface area contributed by atoms with E-state index < -0.39 is 0 Å². The molecular weight excluding hydrogens is 404 g/mol. The van der Waals surface area contributed by atoms with E-state index in [0.717, 1.165) is 42.6 Å². The number of ether oxygens (including phenoxy) is 1. The first-order chi connectivity index (χ1) is 15.3. The summed E-state index contributed by atoms with van der Waals surface area (Å²) in [5, 5.41) is 0.783. The monoisotopic (exact) mass is 428 g/mol. The van der Waals surface area contributed by atoms with Crippen molar-refractivity contribution >= 4 is 11.6 Å². The van der Waals surface area contributed by atoms with E-state index in [1.165, 1.54) is 16.8 Å². The second kappa shape index (κ2) is 9.01. The predicted molar refractivity (Wildman–Crippen MR) is 126 cm³/mol. The number of para-hydroxylation sites is 1. The molecule has 0 fully saturated rings. The van der Waals surface area contributed by atoms with E-state index >= 15 is 0 Å². The van der Waals surface area contributed by atoms with Gasteiger partial charge < -0.3 is 9.30 Å². The van der Waals surface area contributed by atoms with Gasteiger partial charge in [0.1, 0.15) is 11.5 Å². The summed E-state index contributed by atoms with van der Waals surface area (Å²) in [5.41, 5.74) is 3.78. The Labute approximate surface area is 188 Å². The van der Waals surface area contributed by atoms with Gasteiger partial charge in [-0.3, -0.25) is 4.90 Å². The Hall–Kier alpha value is -3.01. The van der Waals surface area contributed by atoms with Crippen LogP contribution in [0.5, 0.6) is 11.5 Å². The predicted octanol–water partition coefficient (Wildman–Crippen LogP) is 6.93. The Kier molecular flexibility index (Phi) is 5.79. The van der Waals surface area contributed by atoms with Crippen molar-refractivity contribution in [3.63, 3.8) is 0 Å². The maximum Gasteiger partial charge on any atom is 0.127 e. The molecule has 31 heavy (non-hydrogen) atoms. The van der Waals surface area contributed by atoms with Gasteiger partial charge in [0.15, 0.2) is 0 Å². The molecule has 156 valence electrons. The first kappa shape index (κ1) is 19.9. The second-order valence-electron chi connectivity index (χ2n) is 7.97. The molecule has 5 rings (SSSR count). The van der Waals surface area contributed by atoms with Crippen LogP contribution >= 0.6 is 11.6 Å². The number of rotatable bonds is 5. The van der Waals surface area contributed by atoms with Crippen molar-refractivity contribution in [2.24, 2.45) is 0 Å². The number of hydrogen-bond donors (Lipinski definition) is 0. The highest BCUT2D eigenvalue weighted by Crippen LogP contribution is 2.35. The maximum absolute atomic E-state index is 6.27. The minimum absolute atomic E-state index is 0.149. The molecule has 3 nitrogen and oxygen atoms in total. The summed E-state index contributed by atoms with van der Waals surface area (Å²) >= 11 is 6.27. The zero-order chi connectivity index (χ0) is 21.0. The van der Waals surface area contributed by atoms with Gasteiger partial charge >= 0.3 is 0 Å². The first-order valence-corrected chi connectivity index (χ1v) is 11.1. The molecule has 1 atom stereocenters. The lowest BCUT2D eigenvalue weighted by atomic mass is 10.0. The van der Waals surface area contributed by atoms with Crippen molar-refractivity contribution in [2.75, 3.05) is 6.54 Å². The van der Waals surface area contributed by atoms with Crippen molar-refractivity contribution in [1.29, 1.82) is 0 Å². The third-order valence-electron chi connectivity index (χ3n) is 5.78. The van der Waals surface area contributed by atoms with Gasteiger partial charge in [0, 0.05) is 36.5 Å². The third-order valence-corrected chi connectivity index (χ3v) is 6.02. The third kappa shape index (κ3) is 4.53. The second-order valence-corrected chi connectivity index (χ2v) is 8.41. The van der Waals surface area contributed by atoms with Gasteiger partial charge in [-0.2, -0.15) is 0 Å². The lowest BCUT2D eigenvalue weighted by Crippen LogP contribution is -2.29. The maximum atomic E-state index is 6.27. The summed E-state index contributed by atoms with van der Waals surface area (Å²) in [6, 6.07) is 31.1. The molecule has 0 bridgehead atoms. The summed E-state index contributed by atoms with van der Waals surface area (Å²) in [5.74, 6) is 1.70. The molecule has 0 aliphatic carbocycles. The van der Waals surface area contributed by atoms with E-state index in [1.54, 1.807) is 0 Å². The Morgan fingerprint density at radius 1 is 0.806 bits per heavy atom. The molecule has 0 saturated heterocycles. The van der Waals surface area contributed by atoms with Crippen LogP contribution in [0.4, 0.5) is 0 Å². The van der Waals surface area contributed by atoms with E-state index in [2.05, 4.69) is 58.1 Å². The number of fused-ring (bicyclic) bond motifs is 1. The number of benzene rings is 3. The van der Waals surface area contributed by atoms with Gasteiger partial charge in [0.25, 0.3) is 0 Å². The average molecular weight is 429 g/mol. The van der Waals surface area contributed by atoms with Gasteiger partial charge in [-0.05, 0) is 66.1 Å². The van der Waals surface area contributed by atoms with Crippen LogP contribution in [0.15, 0.2) is 97.2 Å². The zero-order valence-electron chi connectivity index (χ0n) is 17.3. The molecule has 1 aliphatic heterocycles. The van der Waals surface area contributed by atoms with Crippen molar-refractivity contribution in [1.82, 2.24) is 9.47 Å². The van der Waals surface area contributed by atoms with Crippen molar-refractivity contribution in [3.05, 3.63) is 119 Å². The Morgan fingerprint density at radius 3 is 2.52 bits per heavy atom. The number of hydrogen-bond acceptors (Lipinski definition) is 2. The van der Waals surface area contributed by atoms with E-state index in [-0.39, 0.29) is 6.04 Å². The van der Waals surface area contributed by atoms with Crippen LogP contribution in [-0.2, 0) is 13.1 Å². The highest BCUT2D eigenvalue weighted by molar-refractivity contribution is 6.30. The van der Waals surface area contributed by atoms with Gasteiger partial charge in [0.05, 0.1) is 6.04 Å². The van der Waals surface area contributed by atoms with E-state index in [4.69, 9.17) is 16.3 Å². The molecule has 0 spiro atoms.